The number of hydrogen-bond donors (Lipinski definition) is 1. The predicted octanol–water partition coefficient (Wildman–Crippen LogP) is 7.17. The zero-order valence-corrected chi connectivity index (χ0v) is 23.0. The van der Waals surface area contributed by atoms with Crippen molar-refractivity contribution in [1.29, 1.82) is 0 Å². The average Bonchev–Trinajstić information content (AvgIpc) is 3.33. The fourth-order valence-electron chi connectivity index (χ4n) is 3.83. The van der Waals surface area contributed by atoms with E-state index in [4.69, 9.17) is 9.47 Å². The molecule has 0 spiro atoms. The van der Waals surface area contributed by atoms with Gasteiger partial charge in [0.15, 0.2) is 0 Å². The highest BCUT2D eigenvalue weighted by atomic mass is 32.1. The van der Waals surface area contributed by atoms with Crippen LogP contribution in [-0.4, -0.2) is 25.6 Å². The Kier molecular flexibility index (Phi) is 12.9. The van der Waals surface area contributed by atoms with E-state index in [0.717, 1.165) is 40.2 Å². The third-order valence-electron chi connectivity index (χ3n) is 6.05. The van der Waals surface area contributed by atoms with Gasteiger partial charge in [-0.05, 0) is 47.4 Å². The maximum atomic E-state index is 12.5. The Bertz CT molecular complexity index is 921. The van der Waals surface area contributed by atoms with Crippen LogP contribution in [0.5, 0.6) is 5.75 Å². The van der Waals surface area contributed by atoms with E-state index in [1.165, 1.54) is 32.8 Å². The average molecular weight is 502 g/mol. The lowest BCUT2D eigenvalue weighted by molar-refractivity contribution is -0.140. The van der Waals surface area contributed by atoms with Crippen molar-refractivity contribution in [3.8, 4) is 16.9 Å². The van der Waals surface area contributed by atoms with E-state index in [1.54, 1.807) is 11.3 Å². The van der Waals surface area contributed by atoms with Crippen molar-refractivity contribution in [2.45, 2.75) is 85.6 Å². The van der Waals surface area contributed by atoms with Crippen molar-refractivity contribution in [3.63, 3.8) is 0 Å². The summed E-state index contributed by atoms with van der Waals surface area (Å²) >= 11 is 1.65. The molecular formula is C29H43NO4S. The summed E-state index contributed by atoms with van der Waals surface area (Å²) in [5.41, 5.74) is 3.16. The van der Waals surface area contributed by atoms with Crippen LogP contribution < -0.4 is 10.1 Å². The number of carbonyl (C=O) groups excluding carboxylic acids is 2. The van der Waals surface area contributed by atoms with Gasteiger partial charge < -0.3 is 14.8 Å². The zero-order chi connectivity index (χ0) is 25.6. The first-order valence-corrected chi connectivity index (χ1v) is 13.9. The normalized spacial score (nSPS) is 11.9. The van der Waals surface area contributed by atoms with Crippen LogP contribution in [0.3, 0.4) is 0 Å². The Morgan fingerprint density at radius 1 is 1.06 bits per heavy atom. The molecule has 1 heterocycles. The summed E-state index contributed by atoms with van der Waals surface area (Å²) < 4.78 is 10.9. The van der Waals surface area contributed by atoms with E-state index in [2.05, 4.69) is 43.6 Å². The van der Waals surface area contributed by atoms with Gasteiger partial charge >= 0.3 is 5.97 Å². The number of amides is 1. The topological polar surface area (TPSA) is 64.6 Å². The molecule has 0 fully saturated rings. The second-order valence-corrected chi connectivity index (χ2v) is 10.7. The molecule has 5 nitrogen and oxygen atoms in total. The molecule has 1 unspecified atom stereocenters. The number of nitrogens with one attached hydrogen (secondary N) is 1. The van der Waals surface area contributed by atoms with Gasteiger partial charge in [-0.25, -0.2) is 0 Å². The number of aryl methyl sites for hydroxylation is 1. The van der Waals surface area contributed by atoms with Crippen LogP contribution in [0.4, 0.5) is 0 Å². The number of hydrogen-bond acceptors (Lipinski definition) is 5. The van der Waals surface area contributed by atoms with Crippen molar-refractivity contribution >= 4 is 23.2 Å². The number of benzene rings is 1. The molecule has 35 heavy (non-hydrogen) atoms. The Labute approximate surface area is 215 Å². The van der Waals surface area contributed by atoms with E-state index >= 15 is 0 Å². The van der Waals surface area contributed by atoms with Crippen LogP contribution in [0.2, 0.25) is 0 Å². The number of ether oxygens (including phenoxy) is 2. The molecule has 1 amide bonds. The zero-order valence-electron chi connectivity index (χ0n) is 22.2. The number of thiophene rings is 1. The molecule has 0 radical (unpaired) electrons. The fraction of sp³-hybridized carbons (Fsp3) is 0.586. The molecule has 2 rings (SSSR count). The van der Waals surface area contributed by atoms with Gasteiger partial charge in [0.1, 0.15) is 5.75 Å². The van der Waals surface area contributed by atoms with Gasteiger partial charge in [0.2, 0.25) is 5.91 Å². The number of rotatable bonds is 16. The summed E-state index contributed by atoms with van der Waals surface area (Å²) in [7, 11) is 1.41. The van der Waals surface area contributed by atoms with Crippen LogP contribution in [0.25, 0.3) is 11.1 Å². The molecule has 1 aromatic heterocycles. The minimum Gasteiger partial charge on any atom is -0.493 e. The maximum absolute atomic E-state index is 12.5. The first-order chi connectivity index (χ1) is 16.8. The third kappa shape index (κ3) is 10.4. The van der Waals surface area contributed by atoms with E-state index in [1.807, 2.05) is 19.1 Å². The first kappa shape index (κ1) is 28.9. The molecule has 1 aromatic carbocycles. The smallest absolute Gasteiger partial charge is 0.305 e. The highest BCUT2D eigenvalue weighted by Crippen LogP contribution is 2.34. The predicted molar refractivity (Wildman–Crippen MR) is 145 cm³/mol. The minimum absolute atomic E-state index is 0.0460. The van der Waals surface area contributed by atoms with Crippen LogP contribution in [0.1, 0.15) is 83.1 Å². The van der Waals surface area contributed by atoms with Crippen molar-refractivity contribution in [2.24, 2.45) is 11.8 Å². The molecule has 0 saturated heterocycles. The quantitative estimate of drug-likeness (QED) is 0.196. The van der Waals surface area contributed by atoms with Gasteiger partial charge in [0.25, 0.3) is 0 Å². The van der Waals surface area contributed by atoms with Gasteiger partial charge in [-0.1, -0.05) is 71.9 Å². The van der Waals surface area contributed by atoms with Crippen LogP contribution >= 0.6 is 11.3 Å². The van der Waals surface area contributed by atoms with Gasteiger partial charge in [0.05, 0.1) is 20.3 Å². The number of carbonyl (C=O) groups is 2. The van der Waals surface area contributed by atoms with Gasteiger partial charge in [0, 0.05) is 22.8 Å². The maximum Gasteiger partial charge on any atom is 0.305 e. The number of methoxy groups -OCH3 is 1. The fourth-order valence-corrected chi connectivity index (χ4v) is 4.66. The largest absolute Gasteiger partial charge is 0.493 e. The molecule has 0 saturated carbocycles. The molecule has 194 valence electrons. The molecule has 2 aromatic rings. The summed E-state index contributed by atoms with van der Waals surface area (Å²) in [5.74, 6) is 1.19. The van der Waals surface area contributed by atoms with Crippen LogP contribution in [0.15, 0.2) is 29.6 Å². The molecule has 6 heteroatoms. The number of unbranched alkanes of at least 4 members (excludes halogenated alkanes) is 4. The van der Waals surface area contributed by atoms with Gasteiger partial charge in [-0.3, -0.25) is 9.59 Å². The standard InChI is InChI=1S/C29H43NO4S/c1-6-7-8-9-10-11-22(4)29(32)30-18-25-17-24(20-35-25)26-14-12-23(13-15-28(31)33-5)16-27(26)34-19-21(2)3/h12,14,16-17,20-22H,6-11,13,15,18-19H2,1-5H3,(H,30,32). The number of esters is 1. The summed E-state index contributed by atoms with van der Waals surface area (Å²) in [5, 5.41) is 5.22. The van der Waals surface area contributed by atoms with Gasteiger partial charge in [-0.15, -0.1) is 11.3 Å². The molecule has 1 atom stereocenters. The highest BCUT2D eigenvalue weighted by Gasteiger charge is 2.15. The van der Waals surface area contributed by atoms with E-state index in [-0.39, 0.29) is 17.8 Å². The minimum atomic E-state index is -0.214. The summed E-state index contributed by atoms with van der Waals surface area (Å²) in [6.07, 6.45) is 8.02. The Balaban J connectivity index is 2.00. The van der Waals surface area contributed by atoms with E-state index in [0.29, 0.717) is 31.9 Å². The summed E-state index contributed by atoms with van der Waals surface area (Å²) in [6, 6.07) is 8.27. The van der Waals surface area contributed by atoms with E-state index in [9.17, 15) is 9.59 Å². The van der Waals surface area contributed by atoms with Crippen molar-refractivity contribution in [3.05, 3.63) is 40.1 Å². The first-order valence-electron chi connectivity index (χ1n) is 13.0. The monoisotopic (exact) mass is 501 g/mol. The molecular weight excluding hydrogens is 458 g/mol. The van der Waals surface area contributed by atoms with Gasteiger partial charge in [-0.2, -0.15) is 0 Å². The lowest BCUT2D eigenvalue weighted by atomic mass is 10.0. The molecule has 0 aliphatic heterocycles. The van der Waals surface area contributed by atoms with Crippen molar-refractivity contribution in [2.75, 3.05) is 13.7 Å². The Morgan fingerprint density at radius 2 is 1.83 bits per heavy atom. The van der Waals surface area contributed by atoms with E-state index < -0.39 is 0 Å². The van der Waals surface area contributed by atoms with Crippen LogP contribution in [-0.2, 0) is 27.3 Å². The molecule has 0 bridgehead atoms. The summed E-state index contributed by atoms with van der Waals surface area (Å²) in [6.45, 7) is 9.65. The lowest BCUT2D eigenvalue weighted by Gasteiger charge is -2.14. The second-order valence-electron chi connectivity index (χ2n) is 9.73. The lowest BCUT2D eigenvalue weighted by Crippen LogP contribution is -2.28. The summed E-state index contributed by atoms with van der Waals surface area (Å²) in [4.78, 5) is 25.2. The third-order valence-corrected chi connectivity index (χ3v) is 6.99. The molecule has 0 aliphatic rings. The molecule has 0 aliphatic carbocycles. The Hall–Kier alpha value is -2.34. The van der Waals surface area contributed by atoms with Crippen molar-refractivity contribution < 1.29 is 19.1 Å². The Morgan fingerprint density at radius 3 is 2.54 bits per heavy atom. The van der Waals surface area contributed by atoms with Crippen molar-refractivity contribution in [1.82, 2.24) is 5.32 Å². The SMILES string of the molecule is CCCCCCCC(C)C(=O)NCc1cc(-c2ccc(CCC(=O)OC)cc2OCC(C)C)cs1. The molecule has 1 N–H and O–H groups in total. The second kappa shape index (κ2) is 15.6. The van der Waals surface area contributed by atoms with Crippen LogP contribution in [0, 0.1) is 11.8 Å². The highest BCUT2D eigenvalue weighted by molar-refractivity contribution is 7.10.